The van der Waals surface area contributed by atoms with Crippen molar-refractivity contribution in [3.05, 3.63) is 28.2 Å². The molecule has 5 heteroatoms. The van der Waals surface area contributed by atoms with Gasteiger partial charge in [-0.15, -0.1) is 0 Å². The number of nitrogens with two attached hydrogens (primary N) is 1. The quantitative estimate of drug-likeness (QED) is 0.856. The second kappa shape index (κ2) is 6.20. The van der Waals surface area contributed by atoms with Gasteiger partial charge < -0.3 is 15.4 Å². The molecule has 0 amide bonds. The molecule has 1 aliphatic rings. The van der Waals surface area contributed by atoms with Gasteiger partial charge in [0.05, 0.1) is 24.4 Å². The zero-order valence-corrected chi connectivity index (χ0v) is 13.6. The molecule has 2 unspecified atom stereocenters. The van der Waals surface area contributed by atoms with E-state index >= 15 is 0 Å². The Kier molecular flexibility index (Phi) is 4.81. The predicted molar refractivity (Wildman–Crippen MR) is 86.9 cm³/mol. The second-order valence-electron chi connectivity index (χ2n) is 4.89. The topological polar surface area (TPSA) is 38.5 Å². The lowest BCUT2D eigenvalue weighted by atomic mass is 10.1. The number of hydrogen-bond acceptors (Lipinski definition) is 3. The van der Waals surface area contributed by atoms with Crippen LogP contribution in [-0.2, 0) is 4.74 Å². The lowest BCUT2D eigenvalue weighted by molar-refractivity contribution is 0.0299. The fourth-order valence-electron chi connectivity index (χ4n) is 2.37. The number of rotatable bonds is 3. The number of nitrogens with zero attached hydrogens (tertiary/aromatic N) is 1. The molecule has 0 bridgehead atoms. The third kappa shape index (κ3) is 3.27. The van der Waals surface area contributed by atoms with Gasteiger partial charge >= 0.3 is 0 Å². The Balaban J connectivity index is 2.31. The number of hydrogen-bond donors (Lipinski definition) is 1. The summed E-state index contributed by atoms with van der Waals surface area (Å²) in [5.74, 6) is 0. The monoisotopic (exact) mass is 342 g/mol. The number of halogens is 1. The maximum Gasteiger partial charge on any atom is 0.104 e. The van der Waals surface area contributed by atoms with Gasteiger partial charge in [0.2, 0.25) is 0 Å². The molecule has 0 aliphatic carbocycles. The van der Waals surface area contributed by atoms with Crippen LogP contribution in [0.2, 0.25) is 0 Å². The van der Waals surface area contributed by atoms with E-state index in [-0.39, 0.29) is 6.10 Å². The molecule has 0 radical (unpaired) electrons. The summed E-state index contributed by atoms with van der Waals surface area (Å²) in [4.78, 5) is 2.83. The van der Waals surface area contributed by atoms with Crippen molar-refractivity contribution in [2.24, 2.45) is 5.73 Å². The van der Waals surface area contributed by atoms with Gasteiger partial charge in [-0.05, 0) is 47.5 Å². The highest BCUT2D eigenvalue weighted by Gasteiger charge is 2.26. The molecule has 1 aromatic carbocycles. The summed E-state index contributed by atoms with van der Waals surface area (Å²) in [5.41, 5.74) is 7.73. The van der Waals surface area contributed by atoms with Crippen molar-refractivity contribution >= 4 is 38.8 Å². The molecule has 19 heavy (non-hydrogen) atoms. The van der Waals surface area contributed by atoms with Crippen molar-refractivity contribution in [3.8, 4) is 0 Å². The Morgan fingerprint density at radius 3 is 2.89 bits per heavy atom. The van der Waals surface area contributed by atoms with E-state index in [0.29, 0.717) is 11.0 Å². The summed E-state index contributed by atoms with van der Waals surface area (Å²) in [6.45, 7) is 5.98. The Morgan fingerprint density at radius 2 is 2.32 bits per heavy atom. The van der Waals surface area contributed by atoms with E-state index in [2.05, 4.69) is 40.7 Å². The highest BCUT2D eigenvalue weighted by molar-refractivity contribution is 9.10. The van der Waals surface area contributed by atoms with Gasteiger partial charge in [0.15, 0.2) is 0 Å². The number of thiocarbonyl (C=S) groups is 1. The molecule has 1 aromatic rings. The molecule has 1 heterocycles. The molecule has 1 aliphatic heterocycles. The summed E-state index contributed by atoms with van der Waals surface area (Å²) in [6.07, 6.45) is 1.32. The summed E-state index contributed by atoms with van der Waals surface area (Å²) in [7, 11) is 0. The zero-order valence-electron chi connectivity index (χ0n) is 11.2. The lowest BCUT2D eigenvalue weighted by Gasteiger charge is -2.40. The molecule has 3 nitrogen and oxygen atoms in total. The van der Waals surface area contributed by atoms with Crippen LogP contribution in [0.3, 0.4) is 0 Å². The number of ether oxygens (including phenoxy) is 1. The Bertz CT molecular complexity index is 481. The Morgan fingerprint density at radius 1 is 1.58 bits per heavy atom. The molecule has 0 saturated carbocycles. The van der Waals surface area contributed by atoms with E-state index in [4.69, 9.17) is 22.7 Å². The Hall–Kier alpha value is -0.650. The fourth-order valence-corrected chi connectivity index (χ4v) is 3.10. The molecular weight excluding hydrogens is 324 g/mol. The van der Waals surface area contributed by atoms with Crippen molar-refractivity contribution in [1.29, 1.82) is 0 Å². The van der Waals surface area contributed by atoms with Crippen LogP contribution in [0.4, 0.5) is 5.69 Å². The first-order valence-corrected chi connectivity index (χ1v) is 7.70. The average Bonchev–Trinajstić information content (AvgIpc) is 2.38. The van der Waals surface area contributed by atoms with Crippen LogP contribution in [0.15, 0.2) is 22.7 Å². The highest BCUT2D eigenvalue weighted by atomic mass is 79.9. The molecule has 1 fully saturated rings. The van der Waals surface area contributed by atoms with Crippen molar-refractivity contribution in [3.63, 3.8) is 0 Å². The van der Waals surface area contributed by atoms with Crippen LogP contribution >= 0.6 is 28.1 Å². The number of anilines is 1. The maximum absolute atomic E-state index is 5.74. The van der Waals surface area contributed by atoms with Crippen molar-refractivity contribution in [2.75, 3.05) is 18.1 Å². The summed E-state index contributed by atoms with van der Waals surface area (Å²) in [5, 5.41) is 0. The summed E-state index contributed by atoms with van der Waals surface area (Å²) < 4.78 is 6.77. The molecule has 2 N–H and O–H groups in total. The van der Waals surface area contributed by atoms with Crippen molar-refractivity contribution in [1.82, 2.24) is 0 Å². The molecule has 2 rings (SSSR count). The molecule has 0 spiro atoms. The summed E-state index contributed by atoms with van der Waals surface area (Å²) in [6, 6.07) is 6.47. The van der Waals surface area contributed by atoms with Gasteiger partial charge in [-0.2, -0.15) is 0 Å². The van der Waals surface area contributed by atoms with Gasteiger partial charge in [0, 0.05) is 16.6 Å². The summed E-state index contributed by atoms with van der Waals surface area (Å²) >= 11 is 8.64. The first-order chi connectivity index (χ1) is 9.02. The minimum absolute atomic E-state index is 0.255. The van der Waals surface area contributed by atoms with Crippen LogP contribution in [0.5, 0.6) is 0 Å². The molecule has 104 valence electrons. The largest absolute Gasteiger partial charge is 0.389 e. The van der Waals surface area contributed by atoms with E-state index < -0.39 is 0 Å². The molecule has 0 aromatic heterocycles. The molecule has 2 atom stereocenters. The van der Waals surface area contributed by atoms with Gasteiger partial charge in [-0.25, -0.2) is 0 Å². The number of benzene rings is 1. The SMILES string of the molecule is CCC1COC(C)CN1c1ccc(C(N)=S)cc1Br. The second-order valence-corrected chi connectivity index (χ2v) is 6.18. The van der Waals surface area contributed by atoms with E-state index in [9.17, 15) is 0 Å². The highest BCUT2D eigenvalue weighted by Crippen LogP contribution is 2.31. The van der Waals surface area contributed by atoms with Gasteiger partial charge in [0.25, 0.3) is 0 Å². The molecular formula is C14H19BrN2OS. The van der Waals surface area contributed by atoms with Gasteiger partial charge in [0.1, 0.15) is 4.99 Å². The predicted octanol–water partition coefficient (Wildman–Crippen LogP) is 3.09. The number of morpholine rings is 1. The van der Waals surface area contributed by atoms with E-state index in [1.54, 1.807) is 0 Å². The van der Waals surface area contributed by atoms with E-state index in [1.807, 2.05) is 12.1 Å². The van der Waals surface area contributed by atoms with E-state index in [0.717, 1.165) is 29.6 Å². The third-order valence-electron chi connectivity index (χ3n) is 3.48. The van der Waals surface area contributed by atoms with E-state index in [1.165, 1.54) is 5.69 Å². The van der Waals surface area contributed by atoms with Crippen LogP contribution in [0.1, 0.15) is 25.8 Å². The van der Waals surface area contributed by atoms with Gasteiger partial charge in [-0.1, -0.05) is 19.1 Å². The van der Waals surface area contributed by atoms with Crippen LogP contribution in [-0.4, -0.2) is 30.3 Å². The first-order valence-electron chi connectivity index (χ1n) is 6.50. The lowest BCUT2D eigenvalue weighted by Crippen LogP contribution is -2.48. The fraction of sp³-hybridized carbons (Fsp3) is 0.500. The average molecular weight is 343 g/mol. The minimum Gasteiger partial charge on any atom is -0.389 e. The van der Waals surface area contributed by atoms with Crippen LogP contribution in [0.25, 0.3) is 0 Å². The van der Waals surface area contributed by atoms with Crippen molar-refractivity contribution < 1.29 is 4.74 Å². The van der Waals surface area contributed by atoms with Crippen LogP contribution < -0.4 is 10.6 Å². The minimum atomic E-state index is 0.255. The van der Waals surface area contributed by atoms with Gasteiger partial charge in [-0.3, -0.25) is 0 Å². The molecule has 1 saturated heterocycles. The third-order valence-corrected chi connectivity index (χ3v) is 4.35. The van der Waals surface area contributed by atoms with Crippen molar-refractivity contribution in [2.45, 2.75) is 32.4 Å². The first kappa shape index (κ1) is 14.8. The zero-order chi connectivity index (χ0) is 14.0. The normalized spacial score (nSPS) is 23.4. The maximum atomic E-state index is 5.74. The van der Waals surface area contributed by atoms with Crippen LogP contribution in [0, 0.1) is 0 Å². The standard InChI is InChI=1S/C14H19BrN2OS/c1-3-11-8-18-9(2)7-17(11)13-5-4-10(14(16)19)6-12(13)15/h4-6,9,11H,3,7-8H2,1-2H3,(H2,16,19). The Labute approximate surface area is 128 Å². The smallest absolute Gasteiger partial charge is 0.104 e.